The minimum Gasteiger partial charge on any atom is -0.497 e. The molecule has 1 atom stereocenters. The number of rotatable bonds is 3. The number of hydrogen-bond donors (Lipinski definition) is 1. The molecule has 1 fully saturated rings. The molecule has 0 bridgehead atoms. The lowest BCUT2D eigenvalue weighted by molar-refractivity contribution is 0.370. The fourth-order valence-corrected chi connectivity index (χ4v) is 2.54. The van der Waals surface area contributed by atoms with Gasteiger partial charge in [0.05, 0.1) is 7.11 Å². The molecule has 18 heavy (non-hydrogen) atoms. The molecule has 1 N–H and O–H groups in total. The third-order valence-corrected chi connectivity index (χ3v) is 3.56. The topological polar surface area (TPSA) is 51.5 Å². The first-order chi connectivity index (χ1) is 8.86. The molecule has 1 aliphatic heterocycles. The van der Waals surface area contributed by atoms with Gasteiger partial charge in [0.1, 0.15) is 11.6 Å². The van der Waals surface area contributed by atoms with Crippen LogP contribution >= 0.6 is 0 Å². The average Bonchev–Trinajstić information content (AvgIpc) is 2.82. The molecule has 0 amide bonds. The zero-order valence-electron chi connectivity index (χ0n) is 10.6. The molecule has 0 aliphatic carbocycles. The van der Waals surface area contributed by atoms with Gasteiger partial charge in [-0.15, -0.1) is 10.2 Å². The lowest BCUT2D eigenvalue weighted by Gasteiger charge is -2.21. The predicted molar refractivity (Wildman–Crippen MR) is 68.8 cm³/mol. The first-order valence-electron chi connectivity index (χ1n) is 6.45. The molecule has 0 radical (unpaired) electrons. The summed E-state index contributed by atoms with van der Waals surface area (Å²) in [5, 5.41) is 11.9. The minimum atomic E-state index is 0.674. The van der Waals surface area contributed by atoms with Crippen molar-refractivity contribution < 1.29 is 4.74 Å². The summed E-state index contributed by atoms with van der Waals surface area (Å²) in [6.45, 7) is 2.24. The fourth-order valence-electron chi connectivity index (χ4n) is 2.54. The maximum absolute atomic E-state index is 5.19. The average molecular weight is 246 g/mol. The van der Waals surface area contributed by atoms with Crippen LogP contribution in [0.1, 0.15) is 18.7 Å². The van der Waals surface area contributed by atoms with Crippen LogP contribution in [-0.2, 0) is 6.42 Å². The van der Waals surface area contributed by atoms with E-state index in [0.29, 0.717) is 5.92 Å². The molecule has 5 nitrogen and oxygen atoms in total. The van der Waals surface area contributed by atoms with E-state index in [4.69, 9.17) is 4.74 Å². The standard InChI is InChI=1S/C13H18N4O/c1-18-11-4-6-17-12(15-16-13(17)8-11)7-10-3-2-5-14-9-10/h4,6,8,10,14H,2-3,5,7,9H2,1H3. The molecule has 0 aromatic carbocycles. The molecule has 1 saturated heterocycles. The highest BCUT2D eigenvalue weighted by Crippen LogP contribution is 2.18. The second kappa shape index (κ2) is 4.94. The van der Waals surface area contributed by atoms with Gasteiger partial charge in [-0.25, -0.2) is 0 Å². The van der Waals surface area contributed by atoms with E-state index in [-0.39, 0.29) is 0 Å². The fraction of sp³-hybridized carbons (Fsp3) is 0.538. The molecule has 1 unspecified atom stereocenters. The lowest BCUT2D eigenvalue weighted by Crippen LogP contribution is -2.31. The third-order valence-electron chi connectivity index (χ3n) is 3.56. The number of piperidine rings is 1. The monoisotopic (exact) mass is 246 g/mol. The van der Waals surface area contributed by atoms with Crippen LogP contribution in [0.15, 0.2) is 18.3 Å². The van der Waals surface area contributed by atoms with Gasteiger partial charge < -0.3 is 10.1 Å². The Hall–Kier alpha value is -1.62. The number of nitrogens with one attached hydrogen (secondary N) is 1. The number of nitrogens with zero attached hydrogens (tertiary/aromatic N) is 3. The molecule has 96 valence electrons. The normalized spacial score (nSPS) is 20.2. The van der Waals surface area contributed by atoms with E-state index in [1.165, 1.54) is 12.8 Å². The highest BCUT2D eigenvalue weighted by Gasteiger charge is 2.16. The molecule has 5 heteroatoms. The molecule has 3 heterocycles. The summed E-state index contributed by atoms with van der Waals surface area (Å²) in [6, 6.07) is 3.86. The largest absolute Gasteiger partial charge is 0.497 e. The maximum atomic E-state index is 5.19. The lowest BCUT2D eigenvalue weighted by atomic mass is 9.96. The second-order valence-corrected chi connectivity index (χ2v) is 4.83. The first kappa shape index (κ1) is 11.5. The second-order valence-electron chi connectivity index (χ2n) is 4.83. The van der Waals surface area contributed by atoms with Crippen LogP contribution in [0.2, 0.25) is 0 Å². The van der Waals surface area contributed by atoms with Gasteiger partial charge in [0.2, 0.25) is 0 Å². The molecular weight excluding hydrogens is 228 g/mol. The van der Waals surface area contributed by atoms with Crippen molar-refractivity contribution in [2.75, 3.05) is 20.2 Å². The van der Waals surface area contributed by atoms with E-state index in [1.54, 1.807) is 7.11 Å². The number of methoxy groups -OCH3 is 1. The van der Waals surface area contributed by atoms with Crippen molar-refractivity contribution in [3.05, 3.63) is 24.2 Å². The minimum absolute atomic E-state index is 0.674. The Morgan fingerprint density at radius 2 is 2.44 bits per heavy atom. The van der Waals surface area contributed by atoms with Crippen LogP contribution in [0.3, 0.4) is 0 Å². The van der Waals surface area contributed by atoms with Crippen LogP contribution in [0.25, 0.3) is 5.65 Å². The van der Waals surface area contributed by atoms with Gasteiger partial charge in [-0.1, -0.05) is 0 Å². The van der Waals surface area contributed by atoms with Gasteiger partial charge in [0.15, 0.2) is 5.65 Å². The summed E-state index contributed by atoms with van der Waals surface area (Å²) in [5.74, 6) is 2.54. The number of hydrogen-bond acceptors (Lipinski definition) is 4. The van der Waals surface area contributed by atoms with E-state index >= 15 is 0 Å². The summed E-state index contributed by atoms with van der Waals surface area (Å²) < 4.78 is 7.24. The van der Waals surface area contributed by atoms with Gasteiger partial charge in [-0.3, -0.25) is 4.40 Å². The molecule has 2 aromatic heterocycles. The SMILES string of the molecule is COc1ccn2c(CC3CCCNC3)nnc2c1. The Balaban J connectivity index is 1.83. The summed E-state index contributed by atoms with van der Waals surface area (Å²) >= 11 is 0. The van der Waals surface area contributed by atoms with Gasteiger partial charge in [-0.05, 0) is 37.9 Å². The Morgan fingerprint density at radius 3 is 3.22 bits per heavy atom. The highest BCUT2D eigenvalue weighted by molar-refractivity contribution is 5.44. The maximum Gasteiger partial charge on any atom is 0.164 e. The van der Waals surface area contributed by atoms with Gasteiger partial charge in [-0.2, -0.15) is 0 Å². The Bertz CT molecular complexity index is 531. The molecular formula is C13H18N4O. The van der Waals surface area contributed by atoms with Crippen molar-refractivity contribution in [1.82, 2.24) is 19.9 Å². The van der Waals surface area contributed by atoms with Crippen molar-refractivity contribution in [2.24, 2.45) is 5.92 Å². The van der Waals surface area contributed by atoms with E-state index in [2.05, 4.69) is 19.9 Å². The summed E-state index contributed by atoms with van der Waals surface area (Å²) in [4.78, 5) is 0. The number of fused-ring (bicyclic) bond motifs is 1. The van der Waals surface area contributed by atoms with Crippen molar-refractivity contribution in [2.45, 2.75) is 19.3 Å². The summed E-state index contributed by atoms with van der Waals surface area (Å²) in [5.41, 5.74) is 0.855. The van der Waals surface area contributed by atoms with Gasteiger partial charge in [0, 0.05) is 18.7 Å². The Morgan fingerprint density at radius 1 is 1.50 bits per heavy atom. The Kier molecular flexibility index (Phi) is 3.15. The zero-order chi connectivity index (χ0) is 12.4. The highest BCUT2D eigenvalue weighted by atomic mass is 16.5. The molecule has 0 saturated carbocycles. The van der Waals surface area contributed by atoms with Crippen molar-refractivity contribution in [1.29, 1.82) is 0 Å². The summed E-state index contributed by atoms with van der Waals surface area (Å²) in [6.07, 6.45) is 5.51. The van der Waals surface area contributed by atoms with E-state index in [9.17, 15) is 0 Å². The number of ether oxygens (including phenoxy) is 1. The van der Waals surface area contributed by atoms with Crippen LogP contribution < -0.4 is 10.1 Å². The number of pyridine rings is 1. The van der Waals surface area contributed by atoms with Crippen LogP contribution in [0, 0.1) is 5.92 Å². The van der Waals surface area contributed by atoms with Crippen molar-refractivity contribution >= 4 is 5.65 Å². The van der Waals surface area contributed by atoms with Gasteiger partial charge in [0.25, 0.3) is 0 Å². The van der Waals surface area contributed by atoms with Crippen molar-refractivity contribution in [3.8, 4) is 5.75 Å². The molecule has 1 aliphatic rings. The van der Waals surface area contributed by atoms with Crippen LogP contribution in [0.5, 0.6) is 5.75 Å². The predicted octanol–water partition coefficient (Wildman–Crippen LogP) is 1.28. The van der Waals surface area contributed by atoms with Crippen LogP contribution in [0.4, 0.5) is 0 Å². The van der Waals surface area contributed by atoms with Crippen LogP contribution in [-0.4, -0.2) is 34.8 Å². The zero-order valence-corrected chi connectivity index (χ0v) is 10.6. The third kappa shape index (κ3) is 2.18. The quantitative estimate of drug-likeness (QED) is 0.886. The van der Waals surface area contributed by atoms with E-state index in [0.717, 1.165) is 36.7 Å². The van der Waals surface area contributed by atoms with Crippen molar-refractivity contribution in [3.63, 3.8) is 0 Å². The smallest absolute Gasteiger partial charge is 0.164 e. The molecule has 3 rings (SSSR count). The number of aromatic nitrogens is 3. The van der Waals surface area contributed by atoms with E-state index in [1.807, 2.05) is 18.3 Å². The van der Waals surface area contributed by atoms with Gasteiger partial charge >= 0.3 is 0 Å². The van der Waals surface area contributed by atoms with E-state index < -0.39 is 0 Å². The molecule has 2 aromatic rings. The molecule has 0 spiro atoms. The first-order valence-corrected chi connectivity index (χ1v) is 6.45. The summed E-state index contributed by atoms with van der Waals surface area (Å²) in [7, 11) is 1.66. The Labute approximate surface area is 106 Å².